The summed E-state index contributed by atoms with van der Waals surface area (Å²) in [6, 6.07) is 8.67. The topological polar surface area (TPSA) is 56.0 Å². The molecule has 3 nitrogen and oxygen atoms in total. The first-order chi connectivity index (χ1) is 8.16. The third-order valence-corrected chi connectivity index (χ3v) is 4.11. The van der Waals surface area contributed by atoms with Crippen molar-refractivity contribution in [3.8, 4) is 0 Å². The molecule has 1 heterocycles. The van der Waals surface area contributed by atoms with Crippen molar-refractivity contribution in [3.05, 3.63) is 53.3 Å². The molecule has 88 valence electrons. The van der Waals surface area contributed by atoms with E-state index in [1.54, 1.807) is 30.6 Å². The van der Waals surface area contributed by atoms with Crippen LogP contribution in [0.1, 0.15) is 5.56 Å². The maximum absolute atomic E-state index is 12.1. The summed E-state index contributed by atoms with van der Waals surface area (Å²) < 4.78 is 12.1. The molecule has 5 heteroatoms. The highest BCUT2D eigenvalue weighted by molar-refractivity contribution is 7.84. The summed E-state index contributed by atoms with van der Waals surface area (Å²) in [5.41, 5.74) is 7.17. The van der Waals surface area contributed by atoms with E-state index in [-0.39, 0.29) is 0 Å². The van der Waals surface area contributed by atoms with Crippen LogP contribution in [0.2, 0.25) is 5.02 Å². The van der Waals surface area contributed by atoms with Gasteiger partial charge < -0.3 is 5.73 Å². The number of pyridine rings is 1. The first-order valence-corrected chi connectivity index (χ1v) is 6.69. The number of rotatable bonds is 3. The molecule has 17 heavy (non-hydrogen) atoms. The first-order valence-electron chi connectivity index (χ1n) is 4.99. The van der Waals surface area contributed by atoms with Gasteiger partial charge in [0.1, 0.15) is 0 Å². The number of nitrogen functional groups attached to an aromatic ring is 1. The molecule has 0 aliphatic carbocycles. The van der Waals surface area contributed by atoms with Crippen LogP contribution in [0, 0.1) is 0 Å². The molecule has 0 aliphatic heterocycles. The first kappa shape index (κ1) is 12.1. The maximum Gasteiger partial charge on any atom is 0.0598 e. The van der Waals surface area contributed by atoms with E-state index >= 15 is 0 Å². The number of benzene rings is 1. The molecular weight excluding hydrogens is 256 g/mol. The summed E-state index contributed by atoms with van der Waals surface area (Å²) in [6.07, 6.45) is 3.35. The van der Waals surface area contributed by atoms with Gasteiger partial charge in [0.2, 0.25) is 0 Å². The van der Waals surface area contributed by atoms with E-state index in [0.717, 1.165) is 5.56 Å². The third kappa shape index (κ3) is 3.05. The SMILES string of the molecule is Nc1ccc(Cl)c(S(=O)Cc2ccncc2)c1. The molecule has 2 N–H and O–H groups in total. The Labute approximate surface area is 107 Å². The largest absolute Gasteiger partial charge is 0.399 e. The monoisotopic (exact) mass is 266 g/mol. The Morgan fingerprint density at radius 2 is 1.94 bits per heavy atom. The predicted molar refractivity (Wildman–Crippen MR) is 70.2 cm³/mol. The van der Waals surface area contributed by atoms with Gasteiger partial charge in [-0.2, -0.15) is 0 Å². The lowest BCUT2D eigenvalue weighted by Crippen LogP contribution is -1.98. The molecule has 1 aromatic carbocycles. The zero-order valence-corrected chi connectivity index (χ0v) is 10.5. The molecular formula is C12H11ClN2OS. The zero-order valence-electron chi connectivity index (χ0n) is 8.97. The average Bonchev–Trinajstić information content (AvgIpc) is 2.33. The highest BCUT2D eigenvalue weighted by Crippen LogP contribution is 2.24. The van der Waals surface area contributed by atoms with Gasteiger partial charge in [-0.15, -0.1) is 0 Å². The molecule has 0 saturated carbocycles. The van der Waals surface area contributed by atoms with E-state index in [1.165, 1.54) is 0 Å². The Hall–Kier alpha value is -1.39. The molecule has 0 saturated heterocycles. The van der Waals surface area contributed by atoms with Crippen LogP contribution in [0.5, 0.6) is 0 Å². The highest BCUT2D eigenvalue weighted by atomic mass is 35.5. The smallest absolute Gasteiger partial charge is 0.0598 e. The van der Waals surface area contributed by atoms with Crippen LogP contribution in [-0.4, -0.2) is 9.19 Å². The Balaban J connectivity index is 2.23. The lowest BCUT2D eigenvalue weighted by Gasteiger charge is -2.05. The Kier molecular flexibility index (Phi) is 3.76. The van der Waals surface area contributed by atoms with Crippen molar-refractivity contribution in [2.45, 2.75) is 10.6 Å². The molecule has 0 fully saturated rings. The summed E-state index contributed by atoms with van der Waals surface area (Å²) in [5, 5.41) is 0.478. The van der Waals surface area contributed by atoms with Crippen LogP contribution >= 0.6 is 11.6 Å². The van der Waals surface area contributed by atoms with Gasteiger partial charge in [-0.1, -0.05) is 11.6 Å². The van der Waals surface area contributed by atoms with E-state index in [1.807, 2.05) is 12.1 Å². The molecule has 1 unspecified atom stereocenters. The quantitative estimate of drug-likeness (QED) is 0.869. The molecule has 0 amide bonds. The van der Waals surface area contributed by atoms with Crippen LogP contribution in [0.25, 0.3) is 0 Å². The summed E-state index contributed by atoms with van der Waals surface area (Å²) >= 11 is 6.00. The minimum atomic E-state index is -1.20. The van der Waals surface area contributed by atoms with Crippen molar-refractivity contribution in [1.82, 2.24) is 4.98 Å². The second-order valence-electron chi connectivity index (χ2n) is 3.54. The number of hydrogen-bond acceptors (Lipinski definition) is 3. The van der Waals surface area contributed by atoms with Gasteiger partial charge in [0.15, 0.2) is 0 Å². The van der Waals surface area contributed by atoms with Gasteiger partial charge in [-0.25, -0.2) is 0 Å². The molecule has 1 aromatic heterocycles. The second-order valence-corrected chi connectivity index (χ2v) is 5.36. The number of halogens is 1. The van der Waals surface area contributed by atoms with Gasteiger partial charge in [0, 0.05) is 18.1 Å². The normalized spacial score (nSPS) is 12.3. The van der Waals surface area contributed by atoms with Gasteiger partial charge >= 0.3 is 0 Å². The fraction of sp³-hybridized carbons (Fsp3) is 0.0833. The number of anilines is 1. The number of aromatic nitrogens is 1. The van der Waals surface area contributed by atoms with Gasteiger partial charge in [0.25, 0.3) is 0 Å². The van der Waals surface area contributed by atoms with Crippen molar-refractivity contribution in [3.63, 3.8) is 0 Å². The van der Waals surface area contributed by atoms with Crippen molar-refractivity contribution < 1.29 is 4.21 Å². The van der Waals surface area contributed by atoms with Crippen molar-refractivity contribution in [2.24, 2.45) is 0 Å². The summed E-state index contributed by atoms with van der Waals surface area (Å²) in [5.74, 6) is 0.408. The van der Waals surface area contributed by atoms with Crippen LogP contribution in [0.4, 0.5) is 5.69 Å². The van der Waals surface area contributed by atoms with E-state index in [4.69, 9.17) is 17.3 Å². The Bertz CT molecular complexity index is 545. The highest BCUT2D eigenvalue weighted by Gasteiger charge is 2.09. The van der Waals surface area contributed by atoms with Crippen LogP contribution < -0.4 is 5.73 Å². The van der Waals surface area contributed by atoms with Crippen LogP contribution in [0.15, 0.2) is 47.6 Å². The van der Waals surface area contributed by atoms with Gasteiger partial charge in [-0.05, 0) is 35.9 Å². The molecule has 0 bridgehead atoms. The van der Waals surface area contributed by atoms with E-state index in [9.17, 15) is 4.21 Å². The minimum Gasteiger partial charge on any atom is -0.399 e. The number of nitrogens with zero attached hydrogens (tertiary/aromatic N) is 1. The molecule has 0 radical (unpaired) electrons. The molecule has 0 aliphatic rings. The van der Waals surface area contributed by atoms with E-state index in [2.05, 4.69) is 4.98 Å². The maximum atomic E-state index is 12.1. The summed E-state index contributed by atoms with van der Waals surface area (Å²) in [7, 11) is -1.20. The second kappa shape index (κ2) is 5.29. The van der Waals surface area contributed by atoms with Crippen molar-refractivity contribution in [2.75, 3.05) is 5.73 Å². The molecule has 2 aromatic rings. The van der Waals surface area contributed by atoms with Crippen molar-refractivity contribution in [1.29, 1.82) is 0 Å². The Morgan fingerprint density at radius 3 is 2.65 bits per heavy atom. The van der Waals surface area contributed by atoms with Gasteiger partial charge in [0.05, 0.1) is 26.5 Å². The zero-order chi connectivity index (χ0) is 12.3. The average molecular weight is 267 g/mol. The van der Waals surface area contributed by atoms with Crippen molar-refractivity contribution >= 4 is 28.1 Å². The minimum absolute atomic E-state index is 0.408. The Morgan fingerprint density at radius 1 is 1.24 bits per heavy atom. The van der Waals surface area contributed by atoms with Crippen LogP contribution in [-0.2, 0) is 16.6 Å². The van der Waals surface area contributed by atoms with Crippen LogP contribution in [0.3, 0.4) is 0 Å². The predicted octanol–water partition coefficient (Wildman–Crippen LogP) is 2.63. The fourth-order valence-electron chi connectivity index (χ4n) is 1.40. The number of hydrogen-bond donors (Lipinski definition) is 1. The molecule has 0 spiro atoms. The third-order valence-electron chi connectivity index (χ3n) is 2.25. The summed E-state index contributed by atoms with van der Waals surface area (Å²) in [6.45, 7) is 0. The number of nitrogens with two attached hydrogens (primary N) is 1. The molecule has 2 rings (SSSR count). The van der Waals surface area contributed by atoms with E-state index in [0.29, 0.717) is 21.4 Å². The standard InChI is InChI=1S/C12H11ClN2OS/c13-11-2-1-10(14)7-12(11)17(16)8-9-3-5-15-6-4-9/h1-7H,8,14H2. The van der Waals surface area contributed by atoms with E-state index < -0.39 is 10.8 Å². The van der Waals surface area contributed by atoms with Gasteiger partial charge in [-0.3, -0.25) is 9.19 Å². The lowest BCUT2D eigenvalue weighted by atomic mass is 10.3. The molecule has 1 atom stereocenters. The summed E-state index contributed by atoms with van der Waals surface area (Å²) in [4.78, 5) is 4.48. The lowest BCUT2D eigenvalue weighted by molar-refractivity contribution is 0.682. The fourth-order valence-corrected chi connectivity index (χ4v) is 2.98.